The molecular weight excluding hydrogens is 335 g/mol. The van der Waals surface area contributed by atoms with E-state index in [1.54, 1.807) is 42.9 Å². The number of pyridine rings is 2. The number of halogens is 1. The van der Waals surface area contributed by atoms with Crippen LogP contribution in [-0.2, 0) is 13.1 Å². The highest BCUT2D eigenvalue weighted by Gasteiger charge is 2.03. The smallest absolute Gasteiger partial charge is 0.315 e. The molecule has 0 spiro atoms. The molecule has 2 heterocycles. The van der Waals surface area contributed by atoms with Gasteiger partial charge < -0.3 is 15.4 Å². The number of hydrogen-bond acceptors (Lipinski definition) is 4. The molecule has 0 saturated carbocycles. The molecule has 0 radical (unpaired) electrons. The summed E-state index contributed by atoms with van der Waals surface area (Å²) in [6.07, 6.45) is 4.94. The van der Waals surface area contributed by atoms with Gasteiger partial charge in [-0.3, -0.25) is 4.98 Å². The molecule has 2 amide bonds. The Labute approximate surface area is 150 Å². The topological polar surface area (TPSA) is 76.1 Å². The number of urea groups is 1. The van der Waals surface area contributed by atoms with E-state index in [1.807, 2.05) is 12.1 Å². The molecule has 2 N–H and O–H groups in total. The zero-order valence-electron chi connectivity index (χ0n) is 13.9. The van der Waals surface area contributed by atoms with Gasteiger partial charge in [0.25, 0.3) is 0 Å². The average molecular weight is 352 g/mol. The van der Waals surface area contributed by atoms with Gasteiger partial charge in [0.2, 0.25) is 5.88 Å². The summed E-state index contributed by atoms with van der Waals surface area (Å²) in [7, 11) is 0. The highest BCUT2D eigenvalue weighted by molar-refractivity contribution is 5.73. The molecule has 3 aromatic rings. The predicted molar refractivity (Wildman–Crippen MR) is 94.0 cm³/mol. The number of ether oxygens (including phenoxy) is 1. The normalized spacial score (nSPS) is 10.2. The quantitative estimate of drug-likeness (QED) is 0.713. The first kappa shape index (κ1) is 17.3. The lowest BCUT2D eigenvalue weighted by Crippen LogP contribution is -2.34. The van der Waals surface area contributed by atoms with Crippen molar-refractivity contribution >= 4 is 6.03 Å². The molecule has 0 aliphatic heterocycles. The van der Waals surface area contributed by atoms with Crippen LogP contribution in [0.15, 0.2) is 67.1 Å². The molecule has 0 saturated heterocycles. The van der Waals surface area contributed by atoms with E-state index >= 15 is 0 Å². The third-order valence-electron chi connectivity index (χ3n) is 3.47. The summed E-state index contributed by atoms with van der Waals surface area (Å²) >= 11 is 0. The number of nitrogens with one attached hydrogen (secondary N) is 2. The van der Waals surface area contributed by atoms with Crippen molar-refractivity contribution in [2.45, 2.75) is 13.1 Å². The number of carbonyl (C=O) groups is 1. The summed E-state index contributed by atoms with van der Waals surface area (Å²) in [6.45, 7) is 0.752. The third-order valence-corrected chi connectivity index (χ3v) is 3.47. The van der Waals surface area contributed by atoms with Crippen molar-refractivity contribution in [2.75, 3.05) is 0 Å². The van der Waals surface area contributed by atoms with Crippen LogP contribution in [0.4, 0.5) is 9.18 Å². The van der Waals surface area contributed by atoms with Crippen LogP contribution in [-0.4, -0.2) is 16.0 Å². The second-order valence-electron chi connectivity index (χ2n) is 5.46. The Morgan fingerprint density at radius 2 is 1.77 bits per heavy atom. The van der Waals surface area contributed by atoms with Gasteiger partial charge in [-0.2, -0.15) is 0 Å². The Bertz CT molecular complexity index is 857. The van der Waals surface area contributed by atoms with Gasteiger partial charge in [-0.1, -0.05) is 12.1 Å². The molecule has 132 valence electrons. The Kier molecular flexibility index (Phi) is 5.72. The molecule has 0 atom stereocenters. The lowest BCUT2D eigenvalue weighted by molar-refractivity contribution is 0.240. The van der Waals surface area contributed by atoms with Crippen LogP contribution in [0, 0.1) is 5.82 Å². The molecule has 1 aromatic carbocycles. The zero-order chi connectivity index (χ0) is 18.2. The minimum absolute atomic E-state index is 0.276. The van der Waals surface area contributed by atoms with Gasteiger partial charge in [0.1, 0.15) is 11.6 Å². The molecule has 0 aliphatic rings. The van der Waals surface area contributed by atoms with Crippen molar-refractivity contribution in [3.63, 3.8) is 0 Å². The fourth-order valence-corrected chi connectivity index (χ4v) is 2.15. The van der Waals surface area contributed by atoms with Gasteiger partial charge in [0.15, 0.2) is 0 Å². The maximum absolute atomic E-state index is 13.1. The number of rotatable bonds is 6. The lowest BCUT2D eigenvalue weighted by atomic mass is 10.3. The van der Waals surface area contributed by atoms with Crippen molar-refractivity contribution < 1.29 is 13.9 Å². The highest BCUT2D eigenvalue weighted by atomic mass is 19.1. The van der Waals surface area contributed by atoms with E-state index in [-0.39, 0.29) is 11.8 Å². The van der Waals surface area contributed by atoms with E-state index in [1.165, 1.54) is 12.1 Å². The van der Waals surface area contributed by atoms with Crippen LogP contribution in [0.2, 0.25) is 0 Å². The predicted octanol–water partition coefficient (Wildman–Crippen LogP) is 3.41. The molecular formula is C19H17FN4O2. The molecule has 0 bridgehead atoms. The Balaban J connectivity index is 1.46. The Morgan fingerprint density at radius 3 is 2.46 bits per heavy atom. The first-order valence-corrected chi connectivity index (χ1v) is 7.98. The minimum atomic E-state index is -0.374. The van der Waals surface area contributed by atoms with Crippen LogP contribution in [0.3, 0.4) is 0 Å². The molecule has 0 unspecified atom stereocenters. The van der Waals surface area contributed by atoms with Crippen LogP contribution in [0.25, 0.3) is 0 Å². The molecule has 0 fully saturated rings. The number of carbonyl (C=O) groups excluding carboxylic acids is 1. The maximum atomic E-state index is 13.1. The fourth-order valence-electron chi connectivity index (χ4n) is 2.15. The van der Waals surface area contributed by atoms with E-state index in [4.69, 9.17) is 4.74 Å². The monoisotopic (exact) mass is 352 g/mol. The lowest BCUT2D eigenvalue weighted by Gasteiger charge is -2.08. The standard InChI is InChI=1S/C19H17FN4O2/c20-16-2-1-3-17(10-16)26-18-5-4-15(12-22-18)13-24-19(25)23-11-14-6-8-21-9-7-14/h1-10,12H,11,13H2,(H2,23,24,25). The van der Waals surface area contributed by atoms with Crippen molar-refractivity contribution in [3.8, 4) is 11.6 Å². The second kappa shape index (κ2) is 8.57. The molecule has 3 rings (SSSR count). The number of benzene rings is 1. The summed E-state index contributed by atoms with van der Waals surface area (Å²) in [5, 5.41) is 5.51. The number of amides is 2. The SMILES string of the molecule is O=C(NCc1ccncc1)NCc1ccc(Oc2cccc(F)c2)nc1. The van der Waals surface area contributed by atoms with Crippen LogP contribution >= 0.6 is 0 Å². The van der Waals surface area contributed by atoms with E-state index in [0.717, 1.165) is 11.1 Å². The number of nitrogens with zero attached hydrogens (tertiary/aromatic N) is 2. The van der Waals surface area contributed by atoms with Crippen LogP contribution in [0.1, 0.15) is 11.1 Å². The molecule has 2 aromatic heterocycles. The summed E-state index contributed by atoms with van der Waals surface area (Å²) in [5.41, 5.74) is 1.78. The second-order valence-corrected chi connectivity index (χ2v) is 5.46. The van der Waals surface area contributed by atoms with E-state index in [9.17, 15) is 9.18 Å². The first-order chi connectivity index (χ1) is 12.7. The first-order valence-electron chi connectivity index (χ1n) is 7.98. The van der Waals surface area contributed by atoms with Gasteiger partial charge in [-0.05, 0) is 35.4 Å². The Morgan fingerprint density at radius 1 is 1.00 bits per heavy atom. The van der Waals surface area contributed by atoms with Crippen LogP contribution in [0.5, 0.6) is 11.6 Å². The average Bonchev–Trinajstić information content (AvgIpc) is 2.67. The summed E-state index contributed by atoms with van der Waals surface area (Å²) < 4.78 is 18.6. The zero-order valence-corrected chi connectivity index (χ0v) is 13.9. The van der Waals surface area contributed by atoms with Gasteiger partial charge in [0, 0.05) is 43.8 Å². The summed E-state index contributed by atoms with van der Waals surface area (Å²) in [6, 6.07) is 12.7. The minimum Gasteiger partial charge on any atom is -0.439 e. The molecule has 26 heavy (non-hydrogen) atoms. The summed E-state index contributed by atoms with van der Waals surface area (Å²) in [5.74, 6) is 0.349. The molecule has 6 nitrogen and oxygen atoms in total. The number of aromatic nitrogens is 2. The molecule has 7 heteroatoms. The van der Waals surface area contributed by atoms with E-state index in [2.05, 4.69) is 20.6 Å². The number of hydrogen-bond donors (Lipinski definition) is 2. The van der Waals surface area contributed by atoms with Gasteiger partial charge >= 0.3 is 6.03 Å². The third kappa shape index (κ3) is 5.27. The van der Waals surface area contributed by atoms with Crippen molar-refractivity contribution in [1.82, 2.24) is 20.6 Å². The highest BCUT2D eigenvalue weighted by Crippen LogP contribution is 2.19. The van der Waals surface area contributed by atoms with Gasteiger partial charge in [-0.25, -0.2) is 14.2 Å². The van der Waals surface area contributed by atoms with Crippen molar-refractivity contribution in [3.05, 3.63) is 84.1 Å². The molecule has 0 aliphatic carbocycles. The van der Waals surface area contributed by atoms with Gasteiger partial charge in [-0.15, -0.1) is 0 Å². The maximum Gasteiger partial charge on any atom is 0.315 e. The van der Waals surface area contributed by atoms with E-state index < -0.39 is 0 Å². The van der Waals surface area contributed by atoms with Crippen LogP contribution < -0.4 is 15.4 Å². The van der Waals surface area contributed by atoms with E-state index in [0.29, 0.717) is 24.7 Å². The fraction of sp³-hybridized carbons (Fsp3) is 0.105. The van der Waals surface area contributed by atoms with Crippen molar-refractivity contribution in [2.24, 2.45) is 0 Å². The Hall–Kier alpha value is -3.48. The largest absolute Gasteiger partial charge is 0.439 e. The van der Waals surface area contributed by atoms with Crippen molar-refractivity contribution in [1.29, 1.82) is 0 Å². The summed E-state index contributed by atoms with van der Waals surface area (Å²) in [4.78, 5) is 19.9. The van der Waals surface area contributed by atoms with Gasteiger partial charge in [0.05, 0.1) is 0 Å².